The van der Waals surface area contributed by atoms with Crippen molar-refractivity contribution < 1.29 is 4.74 Å². The fraction of sp³-hybridized carbons (Fsp3) is 1.00. The molecule has 0 aromatic carbocycles. The second-order valence-corrected chi connectivity index (χ2v) is 6.42. The first kappa shape index (κ1) is 15.9. The monoisotopic (exact) mass is 257 g/mol. The Hall–Kier alpha value is -0.160. The van der Waals surface area contributed by atoms with Gasteiger partial charge in [0, 0.05) is 32.7 Å². The number of hydrogen-bond donors (Lipinski definition) is 1. The molecule has 4 heteroatoms. The first-order chi connectivity index (χ1) is 8.43. The Balaban J connectivity index is 2.20. The highest BCUT2D eigenvalue weighted by molar-refractivity contribution is 4.77. The molecule has 0 aromatic heterocycles. The number of morpholine rings is 1. The van der Waals surface area contributed by atoms with E-state index in [-0.39, 0.29) is 0 Å². The number of rotatable bonds is 7. The zero-order chi connectivity index (χ0) is 13.6. The fourth-order valence-corrected chi connectivity index (χ4v) is 2.67. The second-order valence-electron chi connectivity index (χ2n) is 6.42. The lowest BCUT2D eigenvalue weighted by Gasteiger charge is -2.33. The maximum absolute atomic E-state index is 5.79. The van der Waals surface area contributed by atoms with Gasteiger partial charge in [-0.15, -0.1) is 0 Å². The molecule has 1 heterocycles. The Kier molecular flexibility index (Phi) is 6.57. The van der Waals surface area contributed by atoms with Crippen molar-refractivity contribution in [2.24, 2.45) is 5.41 Å². The summed E-state index contributed by atoms with van der Waals surface area (Å²) in [6.45, 7) is 14.1. The van der Waals surface area contributed by atoms with Crippen LogP contribution in [0.5, 0.6) is 0 Å². The van der Waals surface area contributed by atoms with Crippen LogP contribution < -0.4 is 5.32 Å². The molecule has 0 saturated carbocycles. The minimum atomic E-state index is 0.308. The van der Waals surface area contributed by atoms with Gasteiger partial charge in [0.25, 0.3) is 0 Å². The smallest absolute Gasteiger partial charge is 0.0826 e. The number of ether oxygens (including phenoxy) is 1. The highest BCUT2D eigenvalue weighted by atomic mass is 16.5. The highest BCUT2D eigenvalue weighted by Gasteiger charge is 2.22. The van der Waals surface area contributed by atoms with Crippen molar-refractivity contribution in [2.45, 2.75) is 26.9 Å². The van der Waals surface area contributed by atoms with E-state index in [4.69, 9.17) is 4.74 Å². The molecule has 1 unspecified atom stereocenters. The van der Waals surface area contributed by atoms with E-state index in [2.05, 4.69) is 50.0 Å². The quantitative estimate of drug-likeness (QED) is 0.733. The first-order valence-corrected chi connectivity index (χ1v) is 7.12. The van der Waals surface area contributed by atoms with Crippen LogP contribution in [0, 0.1) is 5.41 Å². The zero-order valence-electron chi connectivity index (χ0n) is 12.8. The van der Waals surface area contributed by atoms with Crippen molar-refractivity contribution >= 4 is 0 Å². The van der Waals surface area contributed by atoms with E-state index in [1.54, 1.807) is 0 Å². The van der Waals surface area contributed by atoms with E-state index in [1.165, 1.54) is 0 Å². The molecule has 1 N–H and O–H groups in total. The molecule has 0 radical (unpaired) electrons. The Morgan fingerprint density at radius 3 is 2.72 bits per heavy atom. The summed E-state index contributed by atoms with van der Waals surface area (Å²) in [5, 5.41) is 3.57. The summed E-state index contributed by atoms with van der Waals surface area (Å²) in [6.07, 6.45) is 0.355. The van der Waals surface area contributed by atoms with E-state index in [9.17, 15) is 0 Å². The number of nitrogens with one attached hydrogen (secondary N) is 1. The molecule has 1 aliphatic heterocycles. The van der Waals surface area contributed by atoms with Gasteiger partial charge < -0.3 is 15.0 Å². The highest BCUT2D eigenvalue weighted by Crippen LogP contribution is 2.14. The van der Waals surface area contributed by atoms with Crippen molar-refractivity contribution in [1.82, 2.24) is 15.1 Å². The van der Waals surface area contributed by atoms with E-state index in [0.29, 0.717) is 11.5 Å². The van der Waals surface area contributed by atoms with E-state index in [0.717, 1.165) is 45.9 Å². The summed E-state index contributed by atoms with van der Waals surface area (Å²) in [6, 6.07) is 0. The number of nitrogens with zero attached hydrogens (tertiary/aromatic N) is 2. The molecule has 18 heavy (non-hydrogen) atoms. The Morgan fingerprint density at radius 2 is 2.11 bits per heavy atom. The molecule has 1 fully saturated rings. The van der Waals surface area contributed by atoms with Gasteiger partial charge >= 0.3 is 0 Å². The maximum atomic E-state index is 5.79. The average Bonchev–Trinajstić information content (AvgIpc) is 2.27. The zero-order valence-corrected chi connectivity index (χ0v) is 12.8. The molecule has 1 saturated heterocycles. The van der Waals surface area contributed by atoms with E-state index >= 15 is 0 Å². The van der Waals surface area contributed by atoms with Crippen LogP contribution >= 0.6 is 0 Å². The third-order valence-electron chi connectivity index (χ3n) is 3.39. The van der Waals surface area contributed by atoms with Crippen LogP contribution in [0.25, 0.3) is 0 Å². The molecule has 1 atom stereocenters. The molecular weight excluding hydrogens is 226 g/mol. The molecule has 0 bridgehead atoms. The fourth-order valence-electron chi connectivity index (χ4n) is 2.67. The van der Waals surface area contributed by atoms with Gasteiger partial charge in [-0.2, -0.15) is 0 Å². The third kappa shape index (κ3) is 6.14. The van der Waals surface area contributed by atoms with Crippen molar-refractivity contribution in [2.75, 3.05) is 60.0 Å². The minimum absolute atomic E-state index is 0.308. The van der Waals surface area contributed by atoms with E-state index in [1.807, 2.05) is 0 Å². The van der Waals surface area contributed by atoms with Crippen molar-refractivity contribution in [1.29, 1.82) is 0 Å². The van der Waals surface area contributed by atoms with Crippen LogP contribution in [0.1, 0.15) is 20.8 Å². The van der Waals surface area contributed by atoms with Crippen LogP contribution in [-0.2, 0) is 4.74 Å². The topological polar surface area (TPSA) is 27.7 Å². The lowest BCUT2D eigenvalue weighted by molar-refractivity contribution is -0.0261. The summed E-state index contributed by atoms with van der Waals surface area (Å²) in [5.41, 5.74) is 0.308. The van der Waals surface area contributed by atoms with Gasteiger partial charge in [-0.3, -0.25) is 4.90 Å². The van der Waals surface area contributed by atoms with Gasteiger partial charge in [0.15, 0.2) is 0 Å². The molecule has 0 spiro atoms. The van der Waals surface area contributed by atoms with Gasteiger partial charge in [0.2, 0.25) is 0 Å². The standard InChI is InChI=1S/C14H31N3O/c1-6-17-7-8-18-13(10-17)9-15-11-14(2,3)12-16(4)5/h13,15H,6-12H2,1-5H3. The summed E-state index contributed by atoms with van der Waals surface area (Å²) in [7, 11) is 4.26. The van der Waals surface area contributed by atoms with Gasteiger partial charge in [-0.25, -0.2) is 0 Å². The van der Waals surface area contributed by atoms with Crippen molar-refractivity contribution in [3.05, 3.63) is 0 Å². The Bertz CT molecular complexity index is 231. The van der Waals surface area contributed by atoms with Crippen LogP contribution in [0.4, 0.5) is 0 Å². The Morgan fingerprint density at radius 1 is 1.39 bits per heavy atom. The molecule has 1 rings (SSSR count). The predicted octanol–water partition coefficient (Wildman–Crippen LogP) is 0.885. The first-order valence-electron chi connectivity index (χ1n) is 7.12. The van der Waals surface area contributed by atoms with Gasteiger partial charge in [-0.1, -0.05) is 20.8 Å². The molecule has 4 nitrogen and oxygen atoms in total. The van der Waals surface area contributed by atoms with Gasteiger partial charge in [0.05, 0.1) is 12.7 Å². The lowest BCUT2D eigenvalue weighted by atomic mass is 9.93. The van der Waals surface area contributed by atoms with Crippen LogP contribution in [0.15, 0.2) is 0 Å². The largest absolute Gasteiger partial charge is 0.374 e. The van der Waals surface area contributed by atoms with Crippen molar-refractivity contribution in [3.63, 3.8) is 0 Å². The summed E-state index contributed by atoms with van der Waals surface area (Å²) >= 11 is 0. The summed E-state index contributed by atoms with van der Waals surface area (Å²) in [4.78, 5) is 4.71. The summed E-state index contributed by atoms with van der Waals surface area (Å²) in [5.74, 6) is 0. The summed E-state index contributed by atoms with van der Waals surface area (Å²) < 4.78 is 5.79. The van der Waals surface area contributed by atoms with Gasteiger partial charge in [-0.05, 0) is 26.1 Å². The average molecular weight is 257 g/mol. The minimum Gasteiger partial charge on any atom is -0.374 e. The third-order valence-corrected chi connectivity index (χ3v) is 3.39. The van der Waals surface area contributed by atoms with Gasteiger partial charge in [0.1, 0.15) is 0 Å². The Labute approximate surface area is 113 Å². The van der Waals surface area contributed by atoms with Crippen molar-refractivity contribution in [3.8, 4) is 0 Å². The normalized spacial score (nSPS) is 22.7. The van der Waals surface area contributed by atoms with Crippen LogP contribution in [0.2, 0.25) is 0 Å². The molecule has 0 amide bonds. The number of likely N-dealkylation sites (N-methyl/N-ethyl adjacent to an activating group) is 1. The predicted molar refractivity (Wildman–Crippen MR) is 77.1 cm³/mol. The van der Waals surface area contributed by atoms with Crippen LogP contribution in [-0.4, -0.2) is 75.9 Å². The molecule has 108 valence electrons. The molecule has 1 aliphatic rings. The number of hydrogen-bond acceptors (Lipinski definition) is 4. The molecule has 0 aromatic rings. The molecular formula is C14H31N3O. The van der Waals surface area contributed by atoms with E-state index < -0.39 is 0 Å². The lowest BCUT2D eigenvalue weighted by Crippen LogP contribution is -2.48. The van der Waals surface area contributed by atoms with Crippen LogP contribution in [0.3, 0.4) is 0 Å². The maximum Gasteiger partial charge on any atom is 0.0826 e. The SMILES string of the molecule is CCN1CCOC(CNCC(C)(C)CN(C)C)C1. The second kappa shape index (κ2) is 7.43. The molecule has 0 aliphatic carbocycles.